The summed E-state index contributed by atoms with van der Waals surface area (Å²) < 4.78 is 24.6. The normalized spacial score (nSPS) is 21.5. The van der Waals surface area contributed by atoms with Crippen LogP contribution in [-0.2, 0) is 22.6 Å². The van der Waals surface area contributed by atoms with Gasteiger partial charge in [-0.3, -0.25) is 0 Å². The molecular weight excluding hydrogens is 584 g/mol. The van der Waals surface area contributed by atoms with Crippen LogP contribution < -0.4 is 37.1 Å². The van der Waals surface area contributed by atoms with Gasteiger partial charge in [-0.05, 0) is 0 Å². The maximum absolute atomic E-state index is 14.9. The number of hydrogen-bond donors (Lipinski definition) is 2. The number of amides is 1. The molecule has 0 saturated heterocycles. The van der Waals surface area contributed by atoms with Gasteiger partial charge in [0.2, 0.25) is 0 Å². The molecule has 3 aliphatic rings. The summed E-state index contributed by atoms with van der Waals surface area (Å²) in [7, 11) is 0. The van der Waals surface area contributed by atoms with E-state index in [1.54, 1.807) is 18.2 Å². The molecule has 6 nitrogen and oxygen atoms in total. The second-order valence-corrected chi connectivity index (χ2v) is 11.9. The van der Waals surface area contributed by atoms with E-state index in [4.69, 9.17) is 9.72 Å². The number of carbonyl (C=O) groups is 1. The van der Waals surface area contributed by atoms with Crippen molar-refractivity contribution in [2.75, 3.05) is 13.2 Å². The van der Waals surface area contributed by atoms with Gasteiger partial charge in [-0.15, -0.1) is 0 Å². The third-order valence-corrected chi connectivity index (χ3v) is 9.08. The summed E-state index contributed by atoms with van der Waals surface area (Å²) in [4.78, 5) is 22.5. The van der Waals surface area contributed by atoms with Crippen LogP contribution in [0, 0.1) is 0 Å². The van der Waals surface area contributed by atoms with Crippen LogP contribution in [0.25, 0.3) is 21.5 Å². The van der Waals surface area contributed by atoms with E-state index >= 15 is 0 Å². The van der Waals surface area contributed by atoms with Crippen LogP contribution in [0.2, 0.25) is 0 Å². The van der Waals surface area contributed by atoms with Crippen LogP contribution in [0.4, 0.5) is 4.39 Å². The first-order valence-electron chi connectivity index (χ1n) is 12.2. The van der Waals surface area contributed by atoms with Gasteiger partial charge >= 0.3 is 225 Å². The van der Waals surface area contributed by atoms with Crippen LogP contribution in [-0.4, -0.2) is 34.1 Å². The fourth-order valence-corrected chi connectivity index (χ4v) is 6.52. The molecular formula is C29H26FIN3O3-. The van der Waals surface area contributed by atoms with E-state index in [2.05, 4.69) is 18.5 Å². The number of alkyl halides is 1. The van der Waals surface area contributed by atoms with Crippen LogP contribution in [0.15, 0.2) is 58.2 Å². The van der Waals surface area contributed by atoms with Gasteiger partial charge in [-0.2, -0.15) is 0 Å². The van der Waals surface area contributed by atoms with Crippen molar-refractivity contribution in [1.82, 2.24) is 15.3 Å². The molecule has 1 aliphatic carbocycles. The Hall–Kier alpha value is -2.95. The van der Waals surface area contributed by atoms with Crippen molar-refractivity contribution in [2.45, 2.75) is 37.6 Å². The van der Waals surface area contributed by atoms with E-state index in [1.807, 2.05) is 36.4 Å². The molecule has 2 N–H and O–H groups in total. The number of carbonyl (C=O) groups excluding carboxylic acids is 1. The Morgan fingerprint density at radius 3 is 2.81 bits per heavy atom. The van der Waals surface area contributed by atoms with Gasteiger partial charge in [0.15, 0.2) is 0 Å². The number of nitrogens with one attached hydrogen (secondary N) is 1. The van der Waals surface area contributed by atoms with Crippen molar-refractivity contribution >= 4 is 16.1 Å². The summed E-state index contributed by atoms with van der Waals surface area (Å²) in [5, 5.41) is 15.3. The Bertz CT molecular complexity index is 1560. The van der Waals surface area contributed by atoms with E-state index in [9.17, 15) is 14.3 Å². The number of ether oxygens (including phenoxy) is 1. The third kappa shape index (κ3) is 4.97. The summed E-state index contributed by atoms with van der Waals surface area (Å²) in [5.41, 5.74) is 2.46. The second-order valence-electron chi connectivity index (χ2n) is 9.92. The first-order chi connectivity index (χ1) is 17.8. The molecule has 190 valence electrons. The quantitative estimate of drug-likeness (QED) is 0.391. The average molecular weight is 610 g/mol. The number of benzene rings is 1. The Labute approximate surface area is 224 Å². The molecule has 1 fully saturated rings. The van der Waals surface area contributed by atoms with Crippen LogP contribution in [0.3, 0.4) is 0 Å². The number of rotatable bonds is 5. The molecule has 1 saturated carbocycles. The molecule has 3 aromatic rings. The van der Waals surface area contributed by atoms with Gasteiger partial charge in [-0.1, -0.05) is 0 Å². The molecule has 0 bridgehead atoms. The molecule has 37 heavy (non-hydrogen) atoms. The topological polar surface area (TPSA) is 84.3 Å². The number of pyridine rings is 2. The minimum absolute atomic E-state index is 0.0117. The number of hydrogen-bond acceptors (Lipinski definition) is 5. The van der Waals surface area contributed by atoms with E-state index in [0.717, 1.165) is 45.9 Å². The van der Waals surface area contributed by atoms with Crippen molar-refractivity contribution < 1.29 is 40.2 Å². The fraction of sp³-hybridized carbons (Fsp3) is 0.276. The van der Waals surface area contributed by atoms with Crippen LogP contribution >= 0.6 is 0 Å². The molecule has 1 amide bonds. The maximum atomic E-state index is 14.9. The van der Waals surface area contributed by atoms with Gasteiger partial charge < -0.3 is 0 Å². The SMILES string of the molecule is C[C@@]1(F)COCc2ccc(C(=O)NCC3=C[I-]C=c4ccc(-c5cccc(C6(O)CC6)n5)nc4=C3)cc21. The van der Waals surface area contributed by atoms with Crippen molar-refractivity contribution in [3.63, 3.8) is 0 Å². The summed E-state index contributed by atoms with van der Waals surface area (Å²) in [6, 6.07) is 14.8. The van der Waals surface area contributed by atoms with Gasteiger partial charge in [0.1, 0.15) is 0 Å². The summed E-state index contributed by atoms with van der Waals surface area (Å²) in [6.07, 6.45) is 3.48. The van der Waals surface area contributed by atoms with E-state index < -0.39 is 11.3 Å². The summed E-state index contributed by atoms with van der Waals surface area (Å²) in [5.74, 6) is -0.244. The van der Waals surface area contributed by atoms with Crippen LogP contribution in [0.5, 0.6) is 0 Å². The molecule has 8 heteroatoms. The van der Waals surface area contributed by atoms with Crippen molar-refractivity contribution in [3.05, 3.63) is 91.1 Å². The zero-order valence-electron chi connectivity index (χ0n) is 20.3. The molecule has 2 aromatic heterocycles. The predicted molar refractivity (Wildman–Crippen MR) is 134 cm³/mol. The molecule has 0 radical (unpaired) electrons. The zero-order chi connectivity index (χ0) is 25.6. The van der Waals surface area contributed by atoms with Crippen molar-refractivity contribution in [3.8, 4) is 11.4 Å². The van der Waals surface area contributed by atoms with Gasteiger partial charge in [-0.25, -0.2) is 0 Å². The van der Waals surface area contributed by atoms with Crippen molar-refractivity contribution in [2.24, 2.45) is 0 Å². The molecule has 1 aromatic carbocycles. The number of aliphatic hydroxyl groups is 1. The number of fused-ring (bicyclic) bond motifs is 2. The fourth-order valence-electron chi connectivity index (χ4n) is 4.57. The Kier molecular flexibility index (Phi) is 6.21. The first-order valence-corrected chi connectivity index (χ1v) is 14.7. The predicted octanol–water partition coefficient (Wildman–Crippen LogP) is -0.225. The molecule has 0 unspecified atom stereocenters. The van der Waals surface area contributed by atoms with E-state index in [-0.39, 0.29) is 33.7 Å². The van der Waals surface area contributed by atoms with E-state index in [1.165, 1.54) is 6.92 Å². The van der Waals surface area contributed by atoms with Gasteiger partial charge in [0.25, 0.3) is 0 Å². The number of halogens is 2. The second kappa shape index (κ2) is 9.41. The standard InChI is InChI=1S/C29H26FIN3O3/c1-28(30)17-37-16-21-6-5-19(12-22(21)28)27(35)32-15-18-11-25-20(14-31-13-18)7-8-24(33-25)23-3-2-4-26(34-23)29(36)9-10-29/h2-8,11-14,36H,9-10,15-17H2,1H3,(H,32,35)/q-1/t28-/m1/s1. The first kappa shape index (κ1) is 24.4. The summed E-state index contributed by atoms with van der Waals surface area (Å²) in [6.45, 7) is 2.18. The Balaban J connectivity index is 1.22. The summed E-state index contributed by atoms with van der Waals surface area (Å²) >= 11 is -0.349. The molecule has 2 aliphatic heterocycles. The van der Waals surface area contributed by atoms with E-state index in [0.29, 0.717) is 30.0 Å². The van der Waals surface area contributed by atoms with Crippen LogP contribution in [0.1, 0.15) is 46.9 Å². The third-order valence-electron chi connectivity index (χ3n) is 6.89. The molecule has 6 rings (SSSR count). The number of aromatic nitrogens is 2. The molecule has 4 heterocycles. The zero-order valence-corrected chi connectivity index (χ0v) is 22.5. The van der Waals surface area contributed by atoms with Gasteiger partial charge in [0, 0.05) is 0 Å². The Morgan fingerprint density at radius 2 is 1.97 bits per heavy atom. The monoisotopic (exact) mass is 610 g/mol. The molecule has 1 atom stereocenters. The van der Waals surface area contributed by atoms with Crippen molar-refractivity contribution in [1.29, 1.82) is 0 Å². The molecule has 0 spiro atoms. The average Bonchev–Trinajstić information content (AvgIpc) is 3.69. The minimum atomic E-state index is -1.61. The Morgan fingerprint density at radius 1 is 1.14 bits per heavy atom. The number of nitrogens with zero attached hydrogens (tertiary/aromatic N) is 2. The van der Waals surface area contributed by atoms with Gasteiger partial charge in [0.05, 0.1) is 0 Å².